The molecule has 2 heteroatoms. The highest BCUT2D eigenvalue weighted by atomic mass is 19.1. The highest BCUT2D eigenvalue weighted by molar-refractivity contribution is 5.14. The number of likely N-dealkylation sites (tertiary alicyclic amines) is 1. The van der Waals surface area contributed by atoms with Crippen molar-refractivity contribution in [2.75, 3.05) is 13.1 Å². The molecule has 0 aromatic heterocycles. The Morgan fingerprint density at radius 1 is 1.07 bits per heavy atom. The van der Waals surface area contributed by atoms with Gasteiger partial charge in [0.15, 0.2) is 0 Å². The van der Waals surface area contributed by atoms with E-state index in [0.717, 1.165) is 12.1 Å². The molecular weight excluding hydrogens is 189 g/mol. The first-order valence-electron chi connectivity index (χ1n) is 5.92. The lowest BCUT2D eigenvalue weighted by Gasteiger charge is -2.16. The third-order valence-electron chi connectivity index (χ3n) is 3.15. The molecule has 1 aromatic rings. The van der Waals surface area contributed by atoms with Gasteiger partial charge in [-0.3, -0.25) is 0 Å². The first kappa shape index (κ1) is 10.6. The fourth-order valence-corrected chi connectivity index (χ4v) is 2.34. The Labute approximate surface area is 90.9 Å². The standard InChI is InChI=1S/C13H18FN/c14-13-7-5-6-12(10-13)11-15-8-3-1-2-4-9-15/h5-7,10H,1-4,8-9,11H2/p+1. The van der Waals surface area contributed by atoms with Crippen molar-refractivity contribution in [1.29, 1.82) is 0 Å². The fraction of sp³-hybridized carbons (Fsp3) is 0.538. The van der Waals surface area contributed by atoms with E-state index >= 15 is 0 Å². The van der Waals surface area contributed by atoms with Gasteiger partial charge in [-0.1, -0.05) is 12.1 Å². The summed E-state index contributed by atoms with van der Waals surface area (Å²) in [6.07, 6.45) is 5.38. The van der Waals surface area contributed by atoms with Crippen LogP contribution in [0.25, 0.3) is 0 Å². The number of nitrogens with one attached hydrogen (secondary N) is 1. The average Bonchev–Trinajstić information content (AvgIpc) is 2.46. The summed E-state index contributed by atoms with van der Waals surface area (Å²) in [6, 6.07) is 7.02. The largest absolute Gasteiger partial charge is 0.331 e. The fourth-order valence-electron chi connectivity index (χ4n) is 2.34. The van der Waals surface area contributed by atoms with E-state index in [0.29, 0.717) is 0 Å². The van der Waals surface area contributed by atoms with Crippen LogP contribution in [-0.4, -0.2) is 13.1 Å². The Hall–Kier alpha value is -0.890. The lowest BCUT2D eigenvalue weighted by atomic mass is 10.2. The zero-order valence-electron chi connectivity index (χ0n) is 9.14. The number of benzene rings is 1. The molecule has 0 radical (unpaired) electrons. The molecule has 1 fully saturated rings. The summed E-state index contributed by atoms with van der Waals surface area (Å²) in [6.45, 7) is 3.48. The van der Waals surface area contributed by atoms with Gasteiger partial charge in [0.1, 0.15) is 12.4 Å². The Morgan fingerprint density at radius 3 is 2.47 bits per heavy atom. The molecule has 1 aliphatic rings. The third-order valence-corrected chi connectivity index (χ3v) is 3.15. The SMILES string of the molecule is Fc1cccc(C[NH+]2CCCCCC2)c1. The maximum atomic E-state index is 13.0. The quantitative estimate of drug-likeness (QED) is 0.755. The number of hydrogen-bond acceptors (Lipinski definition) is 0. The second kappa shape index (κ2) is 5.26. The minimum absolute atomic E-state index is 0.110. The van der Waals surface area contributed by atoms with E-state index in [1.165, 1.54) is 44.8 Å². The number of quaternary nitrogens is 1. The van der Waals surface area contributed by atoms with Crippen molar-refractivity contribution in [2.24, 2.45) is 0 Å². The van der Waals surface area contributed by atoms with E-state index in [4.69, 9.17) is 0 Å². The van der Waals surface area contributed by atoms with Crippen LogP contribution < -0.4 is 4.90 Å². The van der Waals surface area contributed by atoms with E-state index in [9.17, 15) is 4.39 Å². The molecule has 0 atom stereocenters. The van der Waals surface area contributed by atoms with Gasteiger partial charge in [0, 0.05) is 5.56 Å². The van der Waals surface area contributed by atoms with Gasteiger partial charge in [-0.15, -0.1) is 0 Å². The van der Waals surface area contributed by atoms with Gasteiger partial charge in [-0.25, -0.2) is 4.39 Å². The molecule has 2 rings (SSSR count). The summed E-state index contributed by atoms with van der Waals surface area (Å²) in [4.78, 5) is 1.61. The molecule has 0 amide bonds. The molecule has 82 valence electrons. The lowest BCUT2D eigenvalue weighted by molar-refractivity contribution is -0.913. The number of halogens is 1. The van der Waals surface area contributed by atoms with Gasteiger partial charge in [0.25, 0.3) is 0 Å². The second-order valence-corrected chi connectivity index (χ2v) is 4.47. The highest BCUT2D eigenvalue weighted by Gasteiger charge is 2.12. The molecule has 0 aliphatic carbocycles. The summed E-state index contributed by atoms with van der Waals surface area (Å²) in [5.41, 5.74) is 1.13. The van der Waals surface area contributed by atoms with Crippen LogP contribution in [0.15, 0.2) is 24.3 Å². The van der Waals surface area contributed by atoms with Crippen molar-refractivity contribution >= 4 is 0 Å². The summed E-state index contributed by atoms with van der Waals surface area (Å²) < 4.78 is 13.0. The zero-order valence-corrected chi connectivity index (χ0v) is 9.14. The zero-order chi connectivity index (χ0) is 10.5. The molecule has 1 nitrogen and oxygen atoms in total. The molecule has 0 unspecified atom stereocenters. The molecule has 1 heterocycles. The first-order chi connectivity index (χ1) is 7.34. The maximum Gasteiger partial charge on any atom is 0.123 e. The molecule has 0 spiro atoms. The van der Waals surface area contributed by atoms with Crippen LogP contribution in [0.1, 0.15) is 31.2 Å². The molecule has 0 bridgehead atoms. The van der Waals surface area contributed by atoms with Crippen molar-refractivity contribution in [1.82, 2.24) is 0 Å². The predicted molar refractivity (Wildman–Crippen MR) is 59.3 cm³/mol. The molecule has 15 heavy (non-hydrogen) atoms. The number of hydrogen-bond donors (Lipinski definition) is 1. The van der Waals surface area contributed by atoms with Crippen molar-refractivity contribution in [3.05, 3.63) is 35.6 Å². The topological polar surface area (TPSA) is 4.44 Å². The van der Waals surface area contributed by atoms with Crippen LogP contribution in [0.3, 0.4) is 0 Å². The molecular formula is C13H19FN+. The molecule has 0 saturated carbocycles. The van der Waals surface area contributed by atoms with Crippen LogP contribution in [0.5, 0.6) is 0 Å². The van der Waals surface area contributed by atoms with Gasteiger partial charge in [0.2, 0.25) is 0 Å². The van der Waals surface area contributed by atoms with Crippen LogP contribution in [-0.2, 0) is 6.54 Å². The highest BCUT2D eigenvalue weighted by Crippen LogP contribution is 2.03. The Morgan fingerprint density at radius 2 is 1.80 bits per heavy atom. The maximum absolute atomic E-state index is 13.0. The average molecular weight is 208 g/mol. The van der Waals surface area contributed by atoms with Crippen LogP contribution in [0, 0.1) is 5.82 Å². The minimum atomic E-state index is -0.110. The molecule has 1 saturated heterocycles. The van der Waals surface area contributed by atoms with E-state index in [1.54, 1.807) is 11.0 Å². The monoisotopic (exact) mass is 208 g/mol. The van der Waals surface area contributed by atoms with Gasteiger partial charge in [-0.05, 0) is 37.8 Å². The van der Waals surface area contributed by atoms with E-state index in [2.05, 4.69) is 0 Å². The predicted octanol–water partition coefficient (Wildman–Crippen LogP) is 1.78. The molecule has 1 aliphatic heterocycles. The van der Waals surface area contributed by atoms with Crippen molar-refractivity contribution in [2.45, 2.75) is 32.2 Å². The Kier molecular flexibility index (Phi) is 3.73. The van der Waals surface area contributed by atoms with Crippen LogP contribution >= 0.6 is 0 Å². The first-order valence-corrected chi connectivity index (χ1v) is 5.92. The van der Waals surface area contributed by atoms with Gasteiger partial charge in [-0.2, -0.15) is 0 Å². The van der Waals surface area contributed by atoms with Crippen LogP contribution in [0.2, 0.25) is 0 Å². The summed E-state index contributed by atoms with van der Waals surface area (Å²) >= 11 is 0. The van der Waals surface area contributed by atoms with E-state index in [1.807, 2.05) is 12.1 Å². The lowest BCUT2D eigenvalue weighted by Crippen LogP contribution is -3.10. The van der Waals surface area contributed by atoms with Crippen molar-refractivity contribution < 1.29 is 9.29 Å². The Bertz CT molecular complexity index is 303. The van der Waals surface area contributed by atoms with E-state index in [-0.39, 0.29) is 5.82 Å². The Balaban J connectivity index is 1.95. The summed E-state index contributed by atoms with van der Waals surface area (Å²) in [7, 11) is 0. The second-order valence-electron chi connectivity index (χ2n) is 4.47. The third kappa shape index (κ3) is 3.31. The normalized spacial score (nSPS) is 18.7. The summed E-state index contributed by atoms with van der Waals surface area (Å²) in [5, 5.41) is 0. The van der Waals surface area contributed by atoms with Gasteiger partial charge in [0.05, 0.1) is 13.1 Å². The van der Waals surface area contributed by atoms with Crippen molar-refractivity contribution in [3.63, 3.8) is 0 Å². The van der Waals surface area contributed by atoms with Gasteiger partial charge < -0.3 is 4.90 Å². The van der Waals surface area contributed by atoms with Crippen LogP contribution in [0.4, 0.5) is 4.39 Å². The van der Waals surface area contributed by atoms with E-state index < -0.39 is 0 Å². The minimum Gasteiger partial charge on any atom is -0.331 e. The number of rotatable bonds is 2. The molecule has 1 aromatic carbocycles. The molecule has 1 N–H and O–H groups in total. The van der Waals surface area contributed by atoms with Gasteiger partial charge >= 0.3 is 0 Å². The summed E-state index contributed by atoms with van der Waals surface area (Å²) in [5.74, 6) is -0.110. The smallest absolute Gasteiger partial charge is 0.123 e. The van der Waals surface area contributed by atoms with Crippen molar-refractivity contribution in [3.8, 4) is 0 Å².